The Labute approximate surface area is 170 Å². The number of thiophene rings is 1. The number of aryl methyl sites for hydroxylation is 2. The number of nitrogens with zero attached hydrogens (tertiary/aromatic N) is 2. The number of rotatable bonds is 5. The van der Waals surface area contributed by atoms with Gasteiger partial charge in [0.25, 0.3) is 0 Å². The maximum absolute atomic E-state index is 12.4. The van der Waals surface area contributed by atoms with Crippen LogP contribution < -0.4 is 5.32 Å². The van der Waals surface area contributed by atoms with E-state index in [2.05, 4.69) is 57.8 Å². The molecule has 5 heteroatoms. The highest BCUT2D eigenvalue weighted by Gasteiger charge is 2.20. The zero-order valence-electron chi connectivity index (χ0n) is 16.6. The monoisotopic (exact) mass is 393 g/mol. The molecule has 0 atom stereocenters. The van der Waals surface area contributed by atoms with Gasteiger partial charge in [-0.1, -0.05) is 35.9 Å². The third-order valence-corrected chi connectivity index (χ3v) is 6.46. The summed E-state index contributed by atoms with van der Waals surface area (Å²) in [6.45, 7) is 9.43. The van der Waals surface area contributed by atoms with Crippen molar-refractivity contribution in [3.05, 3.63) is 64.5 Å². The quantitative estimate of drug-likeness (QED) is 0.703. The summed E-state index contributed by atoms with van der Waals surface area (Å²) >= 11 is 1.82. The Morgan fingerprint density at radius 2 is 1.79 bits per heavy atom. The molecule has 0 bridgehead atoms. The van der Waals surface area contributed by atoms with Gasteiger partial charge in [-0.25, -0.2) is 0 Å². The third kappa shape index (κ3) is 4.43. The number of hydrogen-bond donors (Lipinski definition) is 1. The molecule has 0 spiro atoms. The van der Waals surface area contributed by atoms with Gasteiger partial charge in [-0.3, -0.25) is 14.6 Å². The fraction of sp³-hybridized carbons (Fsp3) is 0.348. The smallest absolute Gasteiger partial charge is 0.238 e. The second-order valence-corrected chi connectivity index (χ2v) is 8.59. The Morgan fingerprint density at radius 3 is 2.57 bits per heavy atom. The summed E-state index contributed by atoms with van der Waals surface area (Å²) < 4.78 is 1.36. The zero-order chi connectivity index (χ0) is 19.5. The zero-order valence-corrected chi connectivity index (χ0v) is 17.4. The predicted molar refractivity (Wildman–Crippen MR) is 118 cm³/mol. The summed E-state index contributed by atoms with van der Waals surface area (Å²) in [4.78, 5) is 17.2. The molecular formula is C23H27N3OS. The molecule has 0 unspecified atom stereocenters. The first-order chi connectivity index (χ1) is 13.6. The summed E-state index contributed by atoms with van der Waals surface area (Å²) in [6.07, 6.45) is 0. The molecule has 1 N–H and O–H groups in total. The molecule has 0 aliphatic carbocycles. The predicted octanol–water partition coefficient (Wildman–Crippen LogP) is 4.27. The lowest BCUT2D eigenvalue weighted by Gasteiger charge is -2.34. The average Bonchev–Trinajstić information content (AvgIpc) is 3.09. The molecule has 28 heavy (non-hydrogen) atoms. The molecule has 4 nitrogen and oxygen atoms in total. The number of fused-ring (bicyclic) bond motifs is 1. The van der Waals surface area contributed by atoms with Crippen LogP contribution in [0.1, 0.15) is 16.7 Å². The molecule has 2 heterocycles. The number of nitrogens with one attached hydrogen (secondary N) is 1. The summed E-state index contributed by atoms with van der Waals surface area (Å²) in [7, 11) is 0. The van der Waals surface area contributed by atoms with Crippen LogP contribution in [0.5, 0.6) is 0 Å². The molecule has 1 saturated heterocycles. The Bertz CT molecular complexity index is 973. The Balaban J connectivity index is 1.27. The number of carbonyl (C=O) groups is 1. The molecular weight excluding hydrogens is 366 g/mol. The van der Waals surface area contributed by atoms with Gasteiger partial charge in [0.1, 0.15) is 0 Å². The van der Waals surface area contributed by atoms with Crippen molar-refractivity contribution < 1.29 is 4.79 Å². The number of carbonyl (C=O) groups excluding carboxylic acids is 1. The van der Waals surface area contributed by atoms with Crippen LogP contribution in [0.4, 0.5) is 5.69 Å². The minimum atomic E-state index is 0.0734. The number of piperazine rings is 1. The first kappa shape index (κ1) is 19.1. The number of anilines is 1. The fourth-order valence-electron chi connectivity index (χ4n) is 3.85. The lowest BCUT2D eigenvalue weighted by molar-refractivity contribution is -0.117. The normalized spacial score (nSPS) is 15.8. The Morgan fingerprint density at radius 1 is 1.04 bits per heavy atom. The summed E-state index contributed by atoms with van der Waals surface area (Å²) in [5, 5.41) is 6.72. The molecule has 2 aromatic carbocycles. The second-order valence-electron chi connectivity index (χ2n) is 7.68. The van der Waals surface area contributed by atoms with Crippen molar-refractivity contribution in [1.29, 1.82) is 0 Å². The van der Waals surface area contributed by atoms with Crippen LogP contribution in [0.3, 0.4) is 0 Å². The highest BCUT2D eigenvalue weighted by Crippen LogP contribution is 2.27. The van der Waals surface area contributed by atoms with Gasteiger partial charge in [-0.2, -0.15) is 0 Å². The average molecular weight is 394 g/mol. The molecule has 3 aromatic rings. The van der Waals surface area contributed by atoms with Gasteiger partial charge in [-0.15, -0.1) is 11.3 Å². The highest BCUT2D eigenvalue weighted by molar-refractivity contribution is 7.17. The summed E-state index contributed by atoms with van der Waals surface area (Å²) in [6, 6.07) is 14.8. The van der Waals surface area contributed by atoms with Crippen LogP contribution >= 0.6 is 11.3 Å². The maximum atomic E-state index is 12.4. The third-order valence-electron chi connectivity index (χ3n) is 5.44. The number of hydrogen-bond acceptors (Lipinski definition) is 4. The topological polar surface area (TPSA) is 35.6 Å². The van der Waals surface area contributed by atoms with Crippen LogP contribution in [0.15, 0.2) is 47.8 Å². The van der Waals surface area contributed by atoms with Crippen LogP contribution in [0, 0.1) is 13.8 Å². The van der Waals surface area contributed by atoms with Gasteiger partial charge >= 0.3 is 0 Å². The van der Waals surface area contributed by atoms with E-state index in [1.54, 1.807) is 0 Å². The highest BCUT2D eigenvalue weighted by atomic mass is 32.1. The van der Waals surface area contributed by atoms with E-state index >= 15 is 0 Å². The summed E-state index contributed by atoms with van der Waals surface area (Å²) in [5.74, 6) is 0.0734. The maximum Gasteiger partial charge on any atom is 0.238 e. The Kier molecular flexibility index (Phi) is 5.76. The van der Waals surface area contributed by atoms with Gasteiger partial charge in [0.2, 0.25) is 5.91 Å². The molecule has 4 rings (SSSR count). The van der Waals surface area contributed by atoms with E-state index in [9.17, 15) is 4.79 Å². The Hall–Kier alpha value is -2.21. The number of benzene rings is 2. The minimum absolute atomic E-state index is 0.0734. The largest absolute Gasteiger partial charge is 0.325 e. The van der Waals surface area contributed by atoms with Crippen molar-refractivity contribution in [3.63, 3.8) is 0 Å². The molecule has 1 amide bonds. The number of amides is 1. The van der Waals surface area contributed by atoms with E-state index in [4.69, 9.17) is 0 Å². The van der Waals surface area contributed by atoms with Crippen molar-refractivity contribution in [1.82, 2.24) is 9.80 Å². The van der Waals surface area contributed by atoms with Gasteiger partial charge in [0.15, 0.2) is 0 Å². The standard InChI is InChI=1S/C23H27N3OS/c1-17-7-8-21(18(2)13-17)24-23(27)15-26-11-9-25(10-12-26)14-19-16-28-22-6-4-3-5-20(19)22/h3-8,13,16H,9-12,14-15H2,1-2H3,(H,24,27). The van der Waals surface area contributed by atoms with Crippen molar-refractivity contribution in [3.8, 4) is 0 Å². The van der Waals surface area contributed by atoms with Gasteiger partial charge in [0, 0.05) is 43.1 Å². The lowest BCUT2D eigenvalue weighted by Crippen LogP contribution is -2.48. The van der Waals surface area contributed by atoms with Crippen LogP contribution in [0.25, 0.3) is 10.1 Å². The van der Waals surface area contributed by atoms with Crippen molar-refractivity contribution >= 4 is 33.0 Å². The van der Waals surface area contributed by atoms with E-state index in [1.807, 2.05) is 30.4 Å². The first-order valence-corrected chi connectivity index (χ1v) is 10.7. The molecule has 1 aliphatic rings. The van der Waals surface area contributed by atoms with E-state index in [0.717, 1.165) is 44.0 Å². The molecule has 1 aliphatic heterocycles. The second kappa shape index (κ2) is 8.43. The van der Waals surface area contributed by atoms with Gasteiger partial charge in [-0.05, 0) is 47.9 Å². The van der Waals surface area contributed by atoms with Crippen molar-refractivity contribution in [2.24, 2.45) is 0 Å². The first-order valence-electron chi connectivity index (χ1n) is 9.85. The van der Waals surface area contributed by atoms with Crippen LogP contribution in [0.2, 0.25) is 0 Å². The molecule has 146 valence electrons. The fourth-order valence-corrected chi connectivity index (χ4v) is 4.80. The molecule has 1 fully saturated rings. The van der Waals surface area contributed by atoms with Crippen LogP contribution in [-0.2, 0) is 11.3 Å². The van der Waals surface area contributed by atoms with Crippen molar-refractivity contribution in [2.45, 2.75) is 20.4 Å². The lowest BCUT2D eigenvalue weighted by atomic mass is 10.1. The van der Waals surface area contributed by atoms with Gasteiger partial charge < -0.3 is 5.32 Å². The molecule has 0 radical (unpaired) electrons. The summed E-state index contributed by atoms with van der Waals surface area (Å²) in [5.41, 5.74) is 4.66. The van der Waals surface area contributed by atoms with E-state index in [-0.39, 0.29) is 5.91 Å². The van der Waals surface area contributed by atoms with E-state index in [1.165, 1.54) is 21.2 Å². The molecule has 1 aromatic heterocycles. The minimum Gasteiger partial charge on any atom is -0.325 e. The van der Waals surface area contributed by atoms with Crippen LogP contribution in [-0.4, -0.2) is 48.4 Å². The van der Waals surface area contributed by atoms with E-state index < -0.39 is 0 Å². The van der Waals surface area contributed by atoms with Gasteiger partial charge in [0.05, 0.1) is 6.54 Å². The molecule has 0 saturated carbocycles. The van der Waals surface area contributed by atoms with Crippen molar-refractivity contribution in [2.75, 3.05) is 38.0 Å². The SMILES string of the molecule is Cc1ccc(NC(=O)CN2CCN(Cc3csc4ccccc34)CC2)c(C)c1. The van der Waals surface area contributed by atoms with E-state index in [0.29, 0.717) is 6.54 Å².